The van der Waals surface area contributed by atoms with Crippen LogP contribution in [-0.2, 0) is 16.1 Å². The Bertz CT molecular complexity index is 1270. The van der Waals surface area contributed by atoms with Crippen LogP contribution >= 0.6 is 27.5 Å². The van der Waals surface area contributed by atoms with Gasteiger partial charge in [0, 0.05) is 0 Å². The maximum Gasteiger partial charge on any atom is 0.363 e. The molecule has 0 radical (unpaired) electrons. The third kappa shape index (κ3) is 5.46. The standard InChI is InChI=1S/C26H21BrClNO4/c1-3-31-23-14-18(12-20(27)24(23)32-15-17-8-6-7-16(2)11-17)13-22-26(30)33-25(29-22)19-9-4-5-10-21(19)28/h4-14H,3,15H2,1-2H3/b22-13-. The molecule has 0 aromatic heterocycles. The zero-order valence-corrected chi connectivity index (χ0v) is 20.4. The number of benzene rings is 3. The molecule has 0 bridgehead atoms. The second kappa shape index (κ2) is 10.2. The summed E-state index contributed by atoms with van der Waals surface area (Å²) in [7, 11) is 0. The molecule has 0 spiro atoms. The van der Waals surface area contributed by atoms with Gasteiger partial charge in [-0.25, -0.2) is 9.79 Å². The van der Waals surface area contributed by atoms with Gasteiger partial charge in [-0.15, -0.1) is 0 Å². The van der Waals surface area contributed by atoms with Crippen LogP contribution in [0.4, 0.5) is 0 Å². The summed E-state index contributed by atoms with van der Waals surface area (Å²) in [5, 5.41) is 0.460. The predicted octanol–water partition coefficient (Wildman–Crippen LogP) is 6.73. The van der Waals surface area contributed by atoms with Crippen LogP contribution in [0.2, 0.25) is 5.02 Å². The molecule has 4 rings (SSSR count). The van der Waals surface area contributed by atoms with Gasteiger partial charge >= 0.3 is 5.97 Å². The van der Waals surface area contributed by atoms with E-state index in [2.05, 4.69) is 27.0 Å². The van der Waals surface area contributed by atoms with Crippen LogP contribution in [0.1, 0.15) is 29.2 Å². The van der Waals surface area contributed by atoms with Crippen molar-refractivity contribution in [1.82, 2.24) is 0 Å². The summed E-state index contributed by atoms with van der Waals surface area (Å²) in [6.07, 6.45) is 1.64. The molecule has 33 heavy (non-hydrogen) atoms. The number of ether oxygens (including phenoxy) is 3. The third-order valence-electron chi connectivity index (χ3n) is 4.83. The summed E-state index contributed by atoms with van der Waals surface area (Å²) in [5.74, 6) is 0.792. The molecule has 3 aromatic rings. The van der Waals surface area contributed by atoms with Gasteiger partial charge in [-0.05, 0) is 71.2 Å². The van der Waals surface area contributed by atoms with E-state index in [0.717, 1.165) is 5.56 Å². The van der Waals surface area contributed by atoms with E-state index in [0.29, 0.717) is 45.3 Å². The zero-order chi connectivity index (χ0) is 23.4. The lowest BCUT2D eigenvalue weighted by Gasteiger charge is -2.15. The van der Waals surface area contributed by atoms with Crippen molar-refractivity contribution in [3.63, 3.8) is 0 Å². The molecular formula is C26H21BrClNO4. The molecule has 1 aliphatic heterocycles. The first-order valence-electron chi connectivity index (χ1n) is 10.4. The van der Waals surface area contributed by atoms with Crippen LogP contribution in [0.3, 0.4) is 0 Å². The van der Waals surface area contributed by atoms with Gasteiger partial charge in [-0.1, -0.05) is 53.6 Å². The molecule has 0 N–H and O–H groups in total. The number of nitrogens with zero attached hydrogens (tertiary/aromatic N) is 1. The average molecular weight is 527 g/mol. The molecule has 0 amide bonds. The highest BCUT2D eigenvalue weighted by atomic mass is 79.9. The van der Waals surface area contributed by atoms with Gasteiger partial charge in [0.25, 0.3) is 0 Å². The third-order valence-corrected chi connectivity index (χ3v) is 5.74. The smallest absolute Gasteiger partial charge is 0.363 e. The molecule has 5 nitrogen and oxygen atoms in total. The Kier molecular flexibility index (Phi) is 7.16. The van der Waals surface area contributed by atoms with E-state index in [-0.39, 0.29) is 11.6 Å². The van der Waals surface area contributed by atoms with E-state index < -0.39 is 5.97 Å². The molecule has 0 saturated carbocycles. The normalized spacial score (nSPS) is 14.2. The molecule has 0 aliphatic carbocycles. The van der Waals surface area contributed by atoms with Crippen LogP contribution in [-0.4, -0.2) is 18.5 Å². The summed E-state index contributed by atoms with van der Waals surface area (Å²) in [5.41, 5.74) is 3.68. The Hall–Kier alpha value is -3.09. The predicted molar refractivity (Wildman–Crippen MR) is 133 cm³/mol. The number of carbonyl (C=O) groups is 1. The van der Waals surface area contributed by atoms with E-state index in [1.807, 2.05) is 44.2 Å². The van der Waals surface area contributed by atoms with Crippen molar-refractivity contribution in [1.29, 1.82) is 0 Å². The molecule has 3 aromatic carbocycles. The fourth-order valence-electron chi connectivity index (χ4n) is 3.35. The highest BCUT2D eigenvalue weighted by Crippen LogP contribution is 2.38. The van der Waals surface area contributed by atoms with Crippen molar-refractivity contribution >= 4 is 45.5 Å². The van der Waals surface area contributed by atoms with Crippen molar-refractivity contribution in [3.8, 4) is 11.5 Å². The summed E-state index contributed by atoms with van der Waals surface area (Å²) in [6.45, 7) is 4.81. The zero-order valence-electron chi connectivity index (χ0n) is 18.1. The minimum atomic E-state index is -0.543. The maximum atomic E-state index is 12.4. The van der Waals surface area contributed by atoms with Gasteiger partial charge in [0.1, 0.15) is 6.61 Å². The Labute approximate surface area is 205 Å². The molecular weight excluding hydrogens is 506 g/mol. The number of aryl methyl sites for hydroxylation is 1. The van der Waals surface area contributed by atoms with Crippen molar-refractivity contribution in [3.05, 3.63) is 98.1 Å². The minimum Gasteiger partial charge on any atom is -0.490 e. The van der Waals surface area contributed by atoms with Crippen LogP contribution in [0.25, 0.3) is 6.08 Å². The molecule has 0 saturated heterocycles. The lowest BCUT2D eigenvalue weighted by atomic mass is 10.1. The highest BCUT2D eigenvalue weighted by Gasteiger charge is 2.25. The van der Waals surface area contributed by atoms with Crippen molar-refractivity contribution in [2.75, 3.05) is 6.61 Å². The molecule has 0 unspecified atom stereocenters. The highest BCUT2D eigenvalue weighted by molar-refractivity contribution is 9.10. The van der Waals surface area contributed by atoms with Crippen LogP contribution in [0, 0.1) is 6.92 Å². The van der Waals surface area contributed by atoms with Gasteiger partial charge in [-0.2, -0.15) is 0 Å². The van der Waals surface area contributed by atoms with Crippen molar-refractivity contribution < 1.29 is 19.0 Å². The number of aliphatic imine (C=N–C) groups is 1. The van der Waals surface area contributed by atoms with Crippen molar-refractivity contribution in [2.24, 2.45) is 4.99 Å². The molecule has 7 heteroatoms. The lowest BCUT2D eigenvalue weighted by molar-refractivity contribution is -0.129. The Morgan fingerprint density at radius 2 is 1.91 bits per heavy atom. The molecule has 1 heterocycles. The van der Waals surface area contributed by atoms with E-state index in [9.17, 15) is 4.79 Å². The Morgan fingerprint density at radius 3 is 2.67 bits per heavy atom. The van der Waals surface area contributed by atoms with Gasteiger partial charge in [-0.3, -0.25) is 0 Å². The van der Waals surface area contributed by atoms with Gasteiger partial charge in [0.15, 0.2) is 17.2 Å². The second-order valence-electron chi connectivity index (χ2n) is 7.36. The number of esters is 1. The number of rotatable bonds is 7. The SMILES string of the molecule is CCOc1cc(/C=C2\N=C(c3ccccc3Cl)OC2=O)cc(Br)c1OCc1cccc(C)c1. The summed E-state index contributed by atoms with van der Waals surface area (Å²) in [6, 6.07) is 18.9. The monoisotopic (exact) mass is 525 g/mol. The van der Waals surface area contributed by atoms with E-state index in [1.54, 1.807) is 30.3 Å². The minimum absolute atomic E-state index is 0.174. The fourth-order valence-corrected chi connectivity index (χ4v) is 4.14. The van der Waals surface area contributed by atoms with E-state index in [1.165, 1.54) is 5.56 Å². The van der Waals surface area contributed by atoms with E-state index >= 15 is 0 Å². The number of hydrogen-bond acceptors (Lipinski definition) is 5. The average Bonchev–Trinajstić information content (AvgIpc) is 3.13. The molecule has 1 aliphatic rings. The number of halogens is 2. The fraction of sp³-hybridized carbons (Fsp3) is 0.154. The molecule has 168 valence electrons. The lowest BCUT2D eigenvalue weighted by Crippen LogP contribution is -2.05. The first-order valence-corrected chi connectivity index (χ1v) is 11.5. The van der Waals surface area contributed by atoms with Gasteiger partial charge in [0.2, 0.25) is 5.90 Å². The number of hydrogen-bond donors (Lipinski definition) is 0. The Morgan fingerprint density at radius 1 is 1.09 bits per heavy atom. The number of cyclic esters (lactones) is 1. The largest absolute Gasteiger partial charge is 0.490 e. The molecule has 0 atom stereocenters. The maximum absolute atomic E-state index is 12.4. The van der Waals surface area contributed by atoms with Crippen LogP contribution in [0.5, 0.6) is 11.5 Å². The second-order valence-corrected chi connectivity index (χ2v) is 8.62. The first-order chi connectivity index (χ1) is 15.9. The van der Waals surface area contributed by atoms with Gasteiger partial charge in [0.05, 0.1) is 21.7 Å². The Balaban J connectivity index is 1.62. The van der Waals surface area contributed by atoms with E-state index in [4.69, 9.17) is 25.8 Å². The first kappa shape index (κ1) is 23.1. The van der Waals surface area contributed by atoms with Crippen LogP contribution in [0.15, 0.2) is 75.8 Å². The summed E-state index contributed by atoms with van der Waals surface area (Å²) >= 11 is 9.78. The number of carbonyl (C=O) groups excluding carboxylic acids is 1. The van der Waals surface area contributed by atoms with Crippen molar-refractivity contribution in [2.45, 2.75) is 20.5 Å². The quantitative estimate of drug-likeness (QED) is 0.253. The summed E-state index contributed by atoms with van der Waals surface area (Å²) in [4.78, 5) is 16.7. The topological polar surface area (TPSA) is 57.1 Å². The summed E-state index contributed by atoms with van der Waals surface area (Å²) < 4.78 is 17.9. The van der Waals surface area contributed by atoms with Crippen LogP contribution < -0.4 is 9.47 Å². The van der Waals surface area contributed by atoms with Gasteiger partial charge < -0.3 is 14.2 Å². The molecule has 0 fully saturated rings.